The molecule has 3 nitrogen and oxygen atoms in total. The Hall–Kier alpha value is -0.570. The van der Waals surface area contributed by atoms with Gasteiger partial charge in [-0.3, -0.25) is 9.69 Å². The maximum atomic E-state index is 11.1. The largest absolute Gasteiger partial charge is 0.480 e. The average Bonchev–Trinajstić information content (AvgIpc) is 2.44. The van der Waals surface area contributed by atoms with E-state index >= 15 is 0 Å². The smallest absolute Gasteiger partial charge is 0.323 e. The van der Waals surface area contributed by atoms with Gasteiger partial charge in [0.25, 0.3) is 0 Å². The molecular formula is C18H37NO2. The van der Waals surface area contributed by atoms with Crippen LogP contribution < -0.4 is 0 Å². The molecule has 0 spiro atoms. The SMILES string of the molecule is CCCCCCCCCCCCCN(C)C(C)(C)C(=O)O. The van der Waals surface area contributed by atoms with E-state index in [-0.39, 0.29) is 0 Å². The molecule has 0 bridgehead atoms. The van der Waals surface area contributed by atoms with Crippen molar-refractivity contribution in [3.8, 4) is 0 Å². The molecule has 1 N–H and O–H groups in total. The first-order valence-corrected chi connectivity index (χ1v) is 8.87. The first-order valence-electron chi connectivity index (χ1n) is 8.87. The molecule has 3 heteroatoms. The van der Waals surface area contributed by atoms with E-state index in [9.17, 15) is 4.79 Å². The van der Waals surface area contributed by atoms with Gasteiger partial charge < -0.3 is 5.11 Å². The van der Waals surface area contributed by atoms with Crippen LogP contribution in [0.3, 0.4) is 0 Å². The number of hydrogen-bond acceptors (Lipinski definition) is 2. The van der Waals surface area contributed by atoms with Gasteiger partial charge in [0.2, 0.25) is 0 Å². The molecular weight excluding hydrogens is 262 g/mol. The molecule has 0 aromatic rings. The fourth-order valence-electron chi connectivity index (χ4n) is 2.46. The van der Waals surface area contributed by atoms with E-state index in [1.54, 1.807) is 13.8 Å². The molecule has 0 aliphatic heterocycles. The van der Waals surface area contributed by atoms with Crippen molar-refractivity contribution in [2.24, 2.45) is 0 Å². The Bertz CT molecular complexity index is 264. The second kappa shape index (κ2) is 12.0. The summed E-state index contributed by atoms with van der Waals surface area (Å²) in [6, 6.07) is 0. The molecule has 126 valence electrons. The minimum absolute atomic E-state index is 0.743. The first-order chi connectivity index (χ1) is 9.92. The highest BCUT2D eigenvalue weighted by Gasteiger charge is 2.31. The number of rotatable bonds is 14. The van der Waals surface area contributed by atoms with Gasteiger partial charge in [-0.05, 0) is 33.9 Å². The Labute approximate surface area is 132 Å². The topological polar surface area (TPSA) is 40.5 Å². The molecule has 0 aromatic carbocycles. The van der Waals surface area contributed by atoms with E-state index < -0.39 is 11.5 Å². The first kappa shape index (κ1) is 20.4. The van der Waals surface area contributed by atoms with Gasteiger partial charge in [0, 0.05) is 0 Å². The van der Waals surface area contributed by atoms with Crippen LogP contribution in [-0.4, -0.2) is 35.1 Å². The van der Waals surface area contributed by atoms with Gasteiger partial charge >= 0.3 is 5.97 Å². The molecule has 0 rings (SSSR count). The summed E-state index contributed by atoms with van der Waals surface area (Å²) in [5, 5.41) is 9.15. The number of likely N-dealkylation sites (N-methyl/N-ethyl adjacent to an activating group) is 1. The molecule has 21 heavy (non-hydrogen) atoms. The lowest BCUT2D eigenvalue weighted by Crippen LogP contribution is -2.48. The lowest BCUT2D eigenvalue weighted by molar-refractivity contribution is -0.148. The summed E-state index contributed by atoms with van der Waals surface area (Å²) in [4.78, 5) is 13.1. The van der Waals surface area contributed by atoms with Crippen molar-refractivity contribution >= 4 is 5.97 Å². The molecule has 0 fully saturated rings. The van der Waals surface area contributed by atoms with Crippen molar-refractivity contribution in [2.75, 3.05) is 13.6 Å². The Balaban J connectivity index is 3.38. The van der Waals surface area contributed by atoms with E-state index in [0.29, 0.717) is 0 Å². The maximum Gasteiger partial charge on any atom is 0.323 e. The minimum atomic E-state index is -0.751. The van der Waals surface area contributed by atoms with Crippen molar-refractivity contribution in [2.45, 2.75) is 96.9 Å². The lowest BCUT2D eigenvalue weighted by atomic mass is 10.0. The summed E-state index contributed by atoms with van der Waals surface area (Å²) >= 11 is 0. The number of aliphatic carboxylic acids is 1. The zero-order valence-corrected chi connectivity index (χ0v) is 14.8. The van der Waals surface area contributed by atoms with Gasteiger partial charge in [-0.15, -0.1) is 0 Å². The van der Waals surface area contributed by atoms with Crippen molar-refractivity contribution in [3.05, 3.63) is 0 Å². The van der Waals surface area contributed by atoms with Crippen LogP contribution in [0.15, 0.2) is 0 Å². The van der Waals surface area contributed by atoms with Crippen molar-refractivity contribution < 1.29 is 9.90 Å². The Morgan fingerprint density at radius 3 is 1.62 bits per heavy atom. The van der Waals surface area contributed by atoms with Crippen LogP contribution in [-0.2, 0) is 4.79 Å². The molecule has 0 atom stereocenters. The van der Waals surface area contributed by atoms with E-state index in [4.69, 9.17) is 5.11 Å². The van der Waals surface area contributed by atoms with Crippen molar-refractivity contribution in [1.29, 1.82) is 0 Å². The predicted octanol–water partition coefficient (Wildman–Crippen LogP) is 5.09. The lowest BCUT2D eigenvalue weighted by Gasteiger charge is -2.31. The summed E-state index contributed by atoms with van der Waals surface area (Å²) in [6.07, 6.45) is 14.6. The third-order valence-corrected chi connectivity index (χ3v) is 4.57. The van der Waals surface area contributed by atoms with E-state index in [1.165, 1.54) is 64.2 Å². The number of unbranched alkanes of at least 4 members (excludes halogenated alkanes) is 10. The minimum Gasteiger partial charge on any atom is -0.480 e. The zero-order chi connectivity index (χ0) is 16.1. The number of carboxylic acids is 1. The number of carboxylic acid groups (broad SMARTS) is 1. The Kier molecular flexibility index (Phi) is 11.7. The van der Waals surface area contributed by atoms with Gasteiger partial charge in [0.15, 0.2) is 0 Å². The van der Waals surface area contributed by atoms with Crippen LogP contribution >= 0.6 is 0 Å². The predicted molar refractivity (Wildman–Crippen MR) is 90.8 cm³/mol. The van der Waals surface area contributed by atoms with E-state index in [0.717, 1.165) is 13.0 Å². The molecule has 0 unspecified atom stereocenters. The maximum absolute atomic E-state index is 11.1. The summed E-state index contributed by atoms with van der Waals surface area (Å²) in [5.74, 6) is -0.743. The summed E-state index contributed by atoms with van der Waals surface area (Å²) in [6.45, 7) is 6.67. The third-order valence-electron chi connectivity index (χ3n) is 4.57. The van der Waals surface area contributed by atoms with Crippen LogP contribution in [0.2, 0.25) is 0 Å². The van der Waals surface area contributed by atoms with Crippen LogP contribution in [0.25, 0.3) is 0 Å². The van der Waals surface area contributed by atoms with Crippen LogP contribution in [0.5, 0.6) is 0 Å². The average molecular weight is 299 g/mol. The third kappa shape index (κ3) is 9.89. The van der Waals surface area contributed by atoms with Gasteiger partial charge in [-0.1, -0.05) is 71.1 Å². The van der Waals surface area contributed by atoms with Crippen LogP contribution in [0.1, 0.15) is 91.4 Å². The standard InChI is InChI=1S/C18H37NO2/c1-5-6-7-8-9-10-11-12-13-14-15-16-19(4)18(2,3)17(20)21/h5-16H2,1-4H3,(H,20,21). The fraction of sp³-hybridized carbons (Fsp3) is 0.944. The van der Waals surface area contributed by atoms with Gasteiger partial charge in [-0.25, -0.2) is 0 Å². The molecule has 0 aromatic heterocycles. The van der Waals surface area contributed by atoms with Crippen LogP contribution in [0, 0.1) is 0 Å². The zero-order valence-electron chi connectivity index (χ0n) is 14.8. The van der Waals surface area contributed by atoms with Gasteiger partial charge in [-0.2, -0.15) is 0 Å². The highest BCUT2D eigenvalue weighted by molar-refractivity contribution is 5.77. The summed E-state index contributed by atoms with van der Waals surface area (Å²) < 4.78 is 0. The second-order valence-corrected chi connectivity index (χ2v) is 6.82. The molecule has 0 aliphatic rings. The van der Waals surface area contributed by atoms with Gasteiger partial charge in [0.1, 0.15) is 5.54 Å². The van der Waals surface area contributed by atoms with E-state index in [2.05, 4.69) is 6.92 Å². The summed E-state index contributed by atoms with van der Waals surface area (Å²) in [7, 11) is 1.91. The van der Waals surface area contributed by atoms with Gasteiger partial charge in [0.05, 0.1) is 0 Å². The monoisotopic (exact) mass is 299 g/mol. The Morgan fingerprint density at radius 2 is 1.24 bits per heavy atom. The molecule has 0 radical (unpaired) electrons. The molecule has 0 aliphatic carbocycles. The number of hydrogen-bond donors (Lipinski definition) is 1. The van der Waals surface area contributed by atoms with Crippen molar-refractivity contribution in [1.82, 2.24) is 4.90 Å². The number of carbonyl (C=O) groups is 1. The highest BCUT2D eigenvalue weighted by atomic mass is 16.4. The molecule has 0 amide bonds. The summed E-state index contributed by atoms with van der Waals surface area (Å²) in [5.41, 5.74) is -0.751. The fourth-order valence-corrected chi connectivity index (χ4v) is 2.46. The van der Waals surface area contributed by atoms with Crippen molar-refractivity contribution in [3.63, 3.8) is 0 Å². The number of nitrogens with zero attached hydrogens (tertiary/aromatic N) is 1. The van der Waals surface area contributed by atoms with Crippen LogP contribution in [0.4, 0.5) is 0 Å². The normalized spacial score (nSPS) is 12.0. The molecule has 0 saturated heterocycles. The second-order valence-electron chi connectivity index (χ2n) is 6.82. The molecule has 0 saturated carbocycles. The van der Waals surface area contributed by atoms with E-state index in [1.807, 2.05) is 11.9 Å². The highest BCUT2D eigenvalue weighted by Crippen LogP contribution is 2.15. The Morgan fingerprint density at radius 1 is 0.857 bits per heavy atom. The quantitative estimate of drug-likeness (QED) is 0.454. The molecule has 0 heterocycles.